The SMILES string of the molecule is CCCCCCCCCCCCCCCCCCOc1cc(NCC(=O)O)cc(OCCCOc2ccc(S(C)=O)cc2)c1. The Hall–Kier alpha value is -2.74. The van der Waals surface area contributed by atoms with Gasteiger partial charge in [-0.1, -0.05) is 103 Å². The Bertz CT molecular complexity index is 1050. The van der Waals surface area contributed by atoms with Crippen LogP contribution in [0.15, 0.2) is 47.4 Å². The van der Waals surface area contributed by atoms with Crippen LogP contribution in [0.4, 0.5) is 5.69 Å². The van der Waals surface area contributed by atoms with Gasteiger partial charge in [0, 0.05) is 52.3 Å². The van der Waals surface area contributed by atoms with Crippen LogP contribution in [0.1, 0.15) is 116 Å². The van der Waals surface area contributed by atoms with E-state index in [9.17, 15) is 9.00 Å². The van der Waals surface area contributed by atoms with Gasteiger partial charge < -0.3 is 24.6 Å². The van der Waals surface area contributed by atoms with Crippen LogP contribution in [0.25, 0.3) is 0 Å². The largest absolute Gasteiger partial charge is 0.493 e. The van der Waals surface area contributed by atoms with Gasteiger partial charge in [0.25, 0.3) is 0 Å². The monoisotopic (exact) mass is 631 g/mol. The highest BCUT2D eigenvalue weighted by atomic mass is 32.2. The third-order valence-electron chi connectivity index (χ3n) is 7.57. The smallest absolute Gasteiger partial charge is 0.322 e. The van der Waals surface area contributed by atoms with E-state index in [1.807, 2.05) is 24.3 Å². The lowest BCUT2D eigenvalue weighted by molar-refractivity contribution is -0.134. The lowest BCUT2D eigenvalue weighted by Crippen LogP contribution is -2.12. The molecule has 1 unspecified atom stereocenters. The Balaban J connectivity index is 1.58. The third-order valence-corrected chi connectivity index (χ3v) is 8.51. The maximum atomic E-state index is 11.5. The summed E-state index contributed by atoms with van der Waals surface area (Å²) in [7, 11) is -1.01. The molecule has 0 radical (unpaired) electrons. The Morgan fingerprint density at radius 3 is 1.52 bits per heavy atom. The van der Waals surface area contributed by atoms with Crippen LogP contribution in [-0.4, -0.2) is 47.9 Å². The second kappa shape index (κ2) is 24.6. The molecule has 248 valence electrons. The number of nitrogens with one attached hydrogen (secondary N) is 1. The number of hydrogen-bond acceptors (Lipinski definition) is 6. The molecule has 8 heteroatoms. The van der Waals surface area contributed by atoms with E-state index in [-0.39, 0.29) is 6.54 Å². The van der Waals surface area contributed by atoms with Gasteiger partial charge in [-0.3, -0.25) is 9.00 Å². The van der Waals surface area contributed by atoms with Crippen molar-refractivity contribution in [3.05, 3.63) is 42.5 Å². The van der Waals surface area contributed by atoms with Crippen molar-refractivity contribution in [3.8, 4) is 17.2 Å². The average molecular weight is 632 g/mol. The van der Waals surface area contributed by atoms with Crippen LogP contribution in [-0.2, 0) is 15.6 Å². The van der Waals surface area contributed by atoms with Gasteiger partial charge in [-0.2, -0.15) is 0 Å². The van der Waals surface area contributed by atoms with Crippen molar-refractivity contribution in [1.82, 2.24) is 0 Å². The normalized spacial score (nSPS) is 11.7. The number of ether oxygens (including phenoxy) is 3. The molecule has 0 saturated heterocycles. The summed E-state index contributed by atoms with van der Waals surface area (Å²) in [5.74, 6) is 1.09. The maximum Gasteiger partial charge on any atom is 0.322 e. The molecular formula is C36H57NO6S. The first-order valence-electron chi connectivity index (χ1n) is 16.9. The molecule has 2 N–H and O–H groups in total. The fraction of sp³-hybridized carbons (Fsp3) is 0.639. The van der Waals surface area contributed by atoms with Gasteiger partial charge in [0.1, 0.15) is 23.8 Å². The highest BCUT2D eigenvalue weighted by Gasteiger charge is 2.06. The lowest BCUT2D eigenvalue weighted by atomic mass is 10.0. The van der Waals surface area contributed by atoms with E-state index in [2.05, 4.69) is 12.2 Å². The molecular weight excluding hydrogens is 574 g/mol. The highest BCUT2D eigenvalue weighted by molar-refractivity contribution is 7.84. The van der Waals surface area contributed by atoms with E-state index >= 15 is 0 Å². The summed E-state index contributed by atoms with van der Waals surface area (Å²) in [4.78, 5) is 11.8. The van der Waals surface area contributed by atoms with Gasteiger partial charge in [0.15, 0.2) is 0 Å². The Kier molecular flexibility index (Phi) is 20.9. The number of rotatable bonds is 28. The Labute approximate surface area is 268 Å². The number of carboxylic acid groups (broad SMARTS) is 1. The van der Waals surface area contributed by atoms with E-state index in [4.69, 9.17) is 19.3 Å². The first kappa shape index (κ1) is 37.4. The van der Waals surface area contributed by atoms with E-state index in [1.165, 1.54) is 89.9 Å². The molecule has 2 rings (SSSR count). The quantitative estimate of drug-likeness (QED) is 0.0904. The summed E-state index contributed by atoms with van der Waals surface area (Å²) in [6.45, 7) is 3.64. The summed E-state index contributed by atoms with van der Waals surface area (Å²) in [6, 6.07) is 12.7. The third kappa shape index (κ3) is 18.8. The van der Waals surface area contributed by atoms with E-state index in [0.29, 0.717) is 43.4 Å². The minimum Gasteiger partial charge on any atom is -0.493 e. The molecule has 0 bridgehead atoms. The van der Waals surface area contributed by atoms with Gasteiger partial charge in [0.05, 0.1) is 19.8 Å². The van der Waals surface area contributed by atoms with Crippen molar-refractivity contribution in [2.75, 3.05) is 37.9 Å². The minimum absolute atomic E-state index is 0.180. The number of benzene rings is 2. The number of anilines is 1. The zero-order valence-corrected chi connectivity index (χ0v) is 28.1. The molecule has 0 aromatic heterocycles. The van der Waals surface area contributed by atoms with Crippen LogP contribution >= 0.6 is 0 Å². The summed E-state index contributed by atoms with van der Waals surface area (Å²) < 4.78 is 29.2. The predicted octanol–water partition coefficient (Wildman–Crippen LogP) is 9.41. The highest BCUT2D eigenvalue weighted by Crippen LogP contribution is 2.27. The van der Waals surface area contributed by atoms with Crippen molar-refractivity contribution in [2.45, 2.75) is 121 Å². The number of aliphatic carboxylic acids is 1. The van der Waals surface area contributed by atoms with Gasteiger partial charge >= 0.3 is 5.97 Å². The molecule has 0 aliphatic rings. The molecule has 0 saturated carbocycles. The van der Waals surface area contributed by atoms with E-state index in [1.54, 1.807) is 24.5 Å². The second-order valence-electron chi connectivity index (χ2n) is 11.6. The van der Waals surface area contributed by atoms with E-state index in [0.717, 1.165) is 23.5 Å². The van der Waals surface area contributed by atoms with Crippen LogP contribution in [0.3, 0.4) is 0 Å². The maximum absolute atomic E-state index is 11.5. The van der Waals surface area contributed by atoms with Crippen LogP contribution in [0.2, 0.25) is 0 Å². The van der Waals surface area contributed by atoms with E-state index < -0.39 is 16.8 Å². The van der Waals surface area contributed by atoms with Crippen molar-refractivity contribution in [2.24, 2.45) is 0 Å². The molecule has 0 aliphatic carbocycles. The zero-order chi connectivity index (χ0) is 31.7. The second-order valence-corrected chi connectivity index (χ2v) is 12.9. The predicted molar refractivity (Wildman–Crippen MR) is 182 cm³/mol. The van der Waals surface area contributed by atoms with Crippen molar-refractivity contribution in [1.29, 1.82) is 0 Å². The molecule has 0 amide bonds. The van der Waals surface area contributed by atoms with Crippen LogP contribution in [0.5, 0.6) is 17.2 Å². The molecule has 0 heterocycles. The van der Waals surface area contributed by atoms with Gasteiger partial charge in [-0.15, -0.1) is 0 Å². The zero-order valence-electron chi connectivity index (χ0n) is 27.3. The summed E-state index contributed by atoms with van der Waals surface area (Å²) in [6.07, 6.45) is 23.7. The molecule has 0 spiro atoms. The number of carbonyl (C=O) groups is 1. The first-order chi connectivity index (χ1) is 21.5. The molecule has 0 aliphatic heterocycles. The summed E-state index contributed by atoms with van der Waals surface area (Å²) >= 11 is 0. The fourth-order valence-electron chi connectivity index (χ4n) is 5.02. The Morgan fingerprint density at radius 1 is 0.636 bits per heavy atom. The van der Waals surface area contributed by atoms with Gasteiger partial charge in [0.2, 0.25) is 0 Å². The van der Waals surface area contributed by atoms with Gasteiger partial charge in [-0.05, 0) is 30.7 Å². The topological polar surface area (TPSA) is 94.1 Å². The molecule has 7 nitrogen and oxygen atoms in total. The first-order valence-corrected chi connectivity index (χ1v) is 18.5. The fourth-order valence-corrected chi connectivity index (χ4v) is 5.54. The number of carboxylic acids is 1. The molecule has 1 atom stereocenters. The minimum atomic E-state index is -1.01. The number of hydrogen-bond donors (Lipinski definition) is 2. The van der Waals surface area contributed by atoms with Crippen molar-refractivity contribution in [3.63, 3.8) is 0 Å². The standard InChI is InChI=1S/C36H57NO6S/c1-3-4-5-6-7-8-9-10-11-12-13-14-15-16-17-18-24-42-33-27-31(37-30-36(38)39)28-34(29-33)43-26-19-25-41-32-20-22-35(23-21-32)44(2)40/h20-23,27-29,37H,3-19,24-26,30H2,1-2H3,(H,38,39). The molecule has 2 aromatic carbocycles. The Morgan fingerprint density at radius 2 is 1.07 bits per heavy atom. The molecule has 44 heavy (non-hydrogen) atoms. The van der Waals surface area contributed by atoms with Gasteiger partial charge in [-0.25, -0.2) is 0 Å². The molecule has 0 fully saturated rings. The van der Waals surface area contributed by atoms with Crippen molar-refractivity contribution >= 4 is 22.5 Å². The summed E-state index contributed by atoms with van der Waals surface area (Å²) in [5, 5.41) is 12.0. The average Bonchev–Trinajstić information content (AvgIpc) is 3.01. The number of unbranched alkanes of at least 4 members (excludes halogenated alkanes) is 15. The van der Waals surface area contributed by atoms with Crippen molar-refractivity contribution < 1.29 is 28.3 Å². The lowest BCUT2D eigenvalue weighted by Gasteiger charge is -2.13. The molecule has 2 aromatic rings. The van der Waals surface area contributed by atoms with Crippen LogP contribution in [0, 0.1) is 0 Å². The van der Waals surface area contributed by atoms with Crippen LogP contribution < -0.4 is 19.5 Å². The summed E-state index contributed by atoms with van der Waals surface area (Å²) in [5.41, 5.74) is 0.650.